The molecule has 3 fully saturated rings. The largest absolute Gasteiger partial charge is 0.382 e. The topological polar surface area (TPSA) is 94.7 Å². The van der Waals surface area contributed by atoms with Gasteiger partial charge in [0.05, 0.1) is 25.3 Å². The molecular weight excluding hydrogens is 424 g/mol. The predicted molar refractivity (Wildman–Crippen MR) is 139 cm³/mol. The summed E-state index contributed by atoms with van der Waals surface area (Å²) in [6.07, 6.45) is 17.5. The third-order valence-electron chi connectivity index (χ3n) is 8.48. The fraction of sp³-hybridized carbons (Fsp3) is 0.704. The summed E-state index contributed by atoms with van der Waals surface area (Å²) in [5.41, 5.74) is 15.5. The number of imidazole rings is 1. The number of aromatic nitrogens is 2. The molecule has 4 aliphatic rings. The van der Waals surface area contributed by atoms with Gasteiger partial charge in [0.15, 0.2) is 5.82 Å². The highest BCUT2D eigenvalue weighted by Gasteiger charge is 2.35. The number of amidine groups is 1. The van der Waals surface area contributed by atoms with E-state index >= 15 is 0 Å². The first-order valence-electron chi connectivity index (χ1n) is 13.4. The van der Waals surface area contributed by atoms with E-state index in [1.54, 1.807) is 0 Å². The lowest BCUT2D eigenvalue weighted by Crippen LogP contribution is -2.48. The molecule has 0 bridgehead atoms. The summed E-state index contributed by atoms with van der Waals surface area (Å²) in [4.78, 5) is 12.3. The van der Waals surface area contributed by atoms with Crippen LogP contribution in [0.2, 0.25) is 0 Å². The van der Waals surface area contributed by atoms with Crippen molar-refractivity contribution in [1.29, 1.82) is 0 Å². The molecule has 3 aliphatic carbocycles. The van der Waals surface area contributed by atoms with Gasteiger partial charge < -0.3 is 25.7 Å². The van der Waals surface area contributed by atoms with Crippen LogP contribution in [-0.4, -0.2) is 47.2 Å². The van der Waals surface area contributed by atoms with Gasteiger partial charge in [-0.1, -0.05) is 31.6 Å². The number of rotatable bonds is 6. The lowest BCUT2D eigenvalue weighted by molar-refractivity contribution is 0.102. The number of nitrogens with zero attached hydrogens (tertiary/aromatic N) is 4. The van der Waals surface area contributed by atoms with Crippen LogP contribution in [0, 0.1) is 11.8 Å². The first-order chi connectivity index (χ1) is 16.5. The van der Waals surface area contributed by atoms with Gasteiger partial charge in [-0.2, -0.15) is 4.98 Å². The molecule has 0 amide bonds. The third-order valence-corrected chi connectivity index (χ3v) is 8.48. The van der Waals surface area contributed by atoms with Gasteiger partial charge in [0.25, 0.3) is 0 Å². The van der Waals surface area contributed by atoms with E-state index in [0.29, 0.717) is 36.8 Å². The second kappa shape index (κ2) is 10.1. The van der Waals surface area contributed by atoms with Gasteiger partial charge in [0, 0.05) is 12.6 Å². The molecule has 0 radical (unpaired) electrons. The summed E-state index contributed by atoms with van der Waals surface area (Å²) in [5.74, 6) is 3.40. The summed E-state index contributed by atoms with van der Waals surface area (Å²) >= 11 is 0. The van der Waals surface area contributed by atoms with E-state index in [0.717, 1.165) is 49.8 Å². The van der Waals surface area contributed by atoms with E-state index in [9.17, 15) is 0 Å². The first-order valence-corrected chi connectivity index (χ1v) is 13.4. The van der Waals surface area contributed by atoms with Gasteiger partial charge in [0.1, 0.15) is 11.5 Å². The molecule has 4 N–H and O–H groups in total. The Bertz CT molecular complexity index is 951. The van der Waals surface area contributed by atoms with Crippen LogP contribution in [0.4, 0.5) is 11.8 Å². The van der Waals surface area contributed by atoms with Crippen LogP contribution >= 0.6 is 0 Å². The molecule has 2 saturated carbocycles. The molecule has 5 rings (SSSR count). The van der Waals surface area contributed by atoms with E-state index in [-0.39, 0.29) is 12.1 Å². The van der Waals surface area contributed by atoms with Crippen molar-refractivity contribution in [3.05, 3.63) is 29.5 Å². The molecule has 1 aromatic rings. The molecule has 7 heteroatoms. The van der Waals surface area contributed by atoms with Gasteiger partial charge in [-0.25, -0.2) is 0 Å². The highest BCUT2D eigenvalue weighted by molar-refractivity contribution is 6.00. The zero-order valence-corrected chi connectivity index (χ0v) is 21.0. The normalized spacial score (nSPS) is 29.6. The third kappa shape index (κ3) is 4.64. The quantitative estimate of drug-likeness (QED) is 0.472. The van der Waals surface area contributed by atoms with Crippen molar-refractivity contribution in [3.8, 4) is 0 Å². The number of aliphatic imine (C=N–C) groups is 1. The molecule has 1 aromatic heterocycles. The highest BCUT2D eigenvalue weighted by atomic mass is 16.5. The smallest absolute Gasteiger partial charge is 0.209 e. The van der Waals surface area contributed by atoms with Crippen molar-refractivity contribution >= 4 is 17.6 Å². The zero-order chi connectivity index (χ0) is 23.7. The number of hydrogen-bond donors (Lipinski definition) is 2. The summed E-state index contributed by atoms with van der Waals surface area (Å²) in [5, 5.41) is 0. The van der Waals surface area contributed by atoms with Gasteiger partial charge in [-0.15, -0.1) is 0 Å². The number of hydrogen-bond acceptors (Lipinski definition) is 5. The molecule has 186 valence electrons. The van der Waals surface area contributed by atoms with Crippen LogP contribution in [0.3, 0.4) is 0 Å². The Hall–Kier alpha value is -2.28. The number of nitrogen functional groups attached to an aromatic ring is 1. The van der Waals surface area contributed by atoms with Crippen molar-refractivity contribution in [2.75, 3.05) is 30.4 Å². The minimum Gasteiger partial charge on any atom is -0.382 e. The molecule has 2 atom stereocenters. The number of allylic oxidation sites excluding steroid dienone is 2. The van der Waals surface area contributed by atoms with E-state index < -0.39 is 0 Å². The maximum absolute atomic E-state index is 6.71. The van der Waals surface area contributed by atoms with E-state index in [1.165, 1.54) is 37.7 Å². The minimum absolute atomic E-state index is 0.147. The molecule has 0 spiro atoms. The Morgan fingerprint density at radius 3 is 2.65 bits per heavy atom. The Morgan fingerprint density at radius 1 is 1.18 bits per heavy atom. The number of ether oxygens (including phenoxy) is 1. The standard InChI is InChI=1S/C27H42N6O/c1-18-11-13-22(14-12-18)33-24(25(28)30-19(2)20-9-6-10-20)26(29)31-27(33)32-15-16-34-17-23(32)21-7-4-3-5-8-21/h4,7-8,18-20,22-23H,3,5-6,9-17,29H2,1-2H3,(H2,28,30). The first kappa shape index (κ1) is 23.5. The molecule has 1 saturated heterocycles. The molecular formula is C27H42N6O. The van der Waals surface area contributed by atoms with E-state index in [4.69, 9.17) is 26.2 Å². The minimum atomic E-state index is 0.147. The molecule has 2 heterocycles. The van der Waals surface area contributed by atoms with Crippen LogP contribution in [0.15, 0.2) is 28.8 Å². The van der Waals surface area contributed by atoms with Crippen molar-refractivity contribution in [1.82, 2.24) is 9.55 Å². The Labute approximate surface area is 204 Å². The summed E-state index contributed by atoms with van der Waals surface area (Å²) in [6, 6.07) is 0.714. The average molecular weight is 467 g/mol. The molecule has 0 aromatic carbocycles. The van der Waals surface area contributed by atoms with Crippen molar-refractivity contribution in [3.63, 3.8) is 0 Å². The summed E-state index contributed by atoms with van der Waals surface area (Å²) < 4.78 is 8.30. The van der Waals surface area contributed by atoms with Gasteiger partial charge in [-0.3, -0.25) is 4.99 Å². The Morgan fingerprint density at radius 2 is 1.97 bits per heavy atom. The van der Waals surface area contributed by atoms with Gasteiger partial charge in [0.2, 0.25) is 5.95 Å². The fourth-order valence-electron chi connectivity index (χ4n) is 6.05. The maximum Gasteiger partial charge on any atom is 0.209 e. The van der Waals surface area contributed by atoms with Gasteiger partial charge in [-0.05, 0) is 75.7 Å². The van der Waals surface area contributed by atoms with E-state index in [2.05, 4.69) is 41.5 Å². The molecule has 34 heavy (non-hydrogen) atoms. The Balaban J connectivity index is 1.55. The maximum atomic E-state index is 6.71. The molecule has 2 unspecified atom stereocenters. The predicted octanol–water partition coefficient (Wildman–Crippen LogP) is 4.59. The molecule has 7 nitrogen and oxygen atoms in total. The lowest BCUT2D eigenvalue weighted by Gasteiger charge is -2.39. The van der Waals surface area contributed by atoms with Gasteiger partial charge >= 0.3 is 0 Å². The van der Waals surface area contributed by atoms with Crippen LogP contribution in [0.5, 0.6) is 0 Å². The van der Waals surface area contributed by atoms with Crippen molar-refractivity contribution in [2.24, 2.45) is 22.6 Å². The highest BCUT2D eigenvalue weighted by Crippen LogP contribution is 2.39. The van der Waals surface area contributed by atoms with Crippen LogP contribution in [0.1, 0.15) is 83.4 Å². The van der Waals surface area contributed by atoms with Crippen LogP contribution in [0.25, 0.3) is 0 Å². The zero-order valence-electron chi connectivity index (χ0n) is 21.0. The second-order valence-electron chi connectivity index (χ2n) is 10.8. The Kier molecular flexibility index (Phi) is 7.00. The second-order valence-corrected chi connectivity index (χ2v) is 10.8. The average Bonchev–Trinajstić information content (AvgIpc) is 3.16. The summed E-state index contributed by atoms with van der Waals surface area (Å²) in [7, 11) is 0. The van der Waals surface area contributed by atoms with E-state index in [1.807, 2.05) is 0 Å². The number of anilines is 2. The van der Waals surface area contributed by atoms with Crippen molar-refractivity contribution < 1.29 is 4.74 Å². The number of nitrogens with two attached hydrogens (primary N) is 2. The SMILES string of the molecule is CC1CCC(n2c(N3CCOCC3C3=CCCC=C3)nc(N)c2C(N)=NC(C)C2CCC2)CC1. The van der Waals surface area contributed by atoms with Crippen LogP contribution < -0.4 is 16.4 Å². The summed E-state index contributed by atoms with van der Waals surface area (Å²) in [6.45, 7) is 6.71. The fourth-order valence-corrected chi connectivity index (χ4v) is 6.05. The lowest BCUT2D eigenvalue weighted by atomic mass is 9.81. The monoisotopic (exact) mass is 466 g/mol. The van der Waals surface area contributed by atoms with Crippen molar-refractivity contribution in [2.45, 2.75) is 89.8 Å². The molecule has 1 aliphatic heterocycles. The number of morpholine rings is 1. The van der Waals surface area contributed by atoms with Crippen LogP contribution in [-0.2, 0) is 4.74 Å².